The molecule has 1 saturated heterocycles. The van der Waals surface area contributed by atoms with E-state index in [-0.39, 0.29) is 27.5 Å². The maximum Gasteiger partial charge on any atom is 0.298 e. The number of anilines is 1. The minimum Gasteiger partial charge on any atom is -0.490 e. The smallest absolute Gasteiger partial charge is 0.298 e. The Morgan fingerprint density at radius 3 is 2.64 bits per heavy atom. The third kappa shape index (κ3) is 4.14. The summed E-state index contributed by atoms with van der Waals surface area (Å²) in [6, 6.07) is 13.8. The van der Waals surface area contributed by atoms with Crippen molar-refractivity contribution in [2.75, 3.05) is 18.1 Å². The van der Waals surface area contributed by atoms with Crippen LogP contribution < -0.4 is 14.4 Å². The van der Waals surface area contributed by atoms with Crippen LogP contribution in [0.4, 0.5) is 10.5 Å². The number of halogens is 1. The molecule has 1 aliphatic rings. The van der Waals surface area contributed by atoms with Crippen molar-refractivity contribution in [1.29, 1.82) is 5.26 Å². The number of carbonyl (C=O) groups is 2. The van der Waals surface area contributed by atoms with Crippen molar-refractivity contribution in [3.63, 3.8) is 0 Å². The van der Waals surface area contributed by atoms with E-state index in [1.807, 2.05) is 12.1 Å². The van der Waals surface area contributed by atoms with Crippen LogP contribution in [0.25, 0.3) is 6.08 Å². The first-order valence-corrected chi connectivity index (χ1v) is 9.53. The normalized spacial score (nSPS) is 15.0. The van der Waals surface area contributed by atoms with E-state index in [1.165, 1.54) is 0 Å². The maximum atomic E-state index is 12.7. The van der Waals surface area contributed by atoms with Crippen molar-refractivity contribution in [1.82, 2.24) is 0 Å². The summed E-state index contributed by atoms with van der Waals surface area (Å²) in [5.74, 6) is 0.221. The quantitative estimate of drug-likeness (QED) is 0.626. The Morgan fingerprint density at radius 1 is 1.21 bits per heavy atom. The zero-order valence-electron chi connectivity index (χ0n) is 14.8. The fraction of sp³-hybridized carbons (Fsp3) is 0.150. The molecule has 28 heavy (non-hydrogen) atoms. The van der Waals surface area contributed by atoms with E-state index in [1.54, 1.807) is 49.4 Å². The molecule has 6 nitrogen and oxygen atoms in total. The summed E-state index contributed by atoms with van der Waals surface area (Å²) >= 11 is 7.12. The fourth-order valence-electron chi connectivity index (χ4n) is 2.60. The molecule has 1 fully saturated rings. The average molecular weight is 415 g/mol. The summed E-state index contributed by atoms with van der Waals surface area (Å²) in [4.78, 5) is 26.4. The van der Waals surface area contributed by atoms with Crippen molar-refractivity contribution < 1.29 is 19.1 Å². The van der Waals surface area contributed by atoms with Gasteiger partial charge in [0.1, 0.15) is 6.07 Å². The fourth-order valence-corrected chi connectivity index (χ4v) is 3.71. The maximum absolute atomic E-state index is 12.7. The second-order valence-electron chi connectivity index (χ2n) is 5.56. The molecule has 2 aromatic carbocycles. The highest BCUT2D eigenvalue weighted by Gasteiger charge is 2.36. The Morgan fingerprint density at radius 2 is 1.96 bits per heavy atom. The van der Waals surface area contributed by atoms with Gasteiger partial charge in [-0.2, -0.15) is 5.26 Å². The Labute approximate surface area is 171 Å². The summed E-state index contributed by atoms with van der Waals surface area (Å²) in [6.07, 6.45) is 1.58. The van der Waals surface area contributed by atoms with E-state index < -0.39 is 5.91 Å². The van der Waals surface area contributed by atoms with Gasteiger partial charge in [-0.1, -0.05) is 29.8 Å². The van der Waals surface area contributed by atoms with Crippen LogP contribution in [0.5, 0.6) is 11.5 Å². The number of thioether (sulfide) groups is 1. The number of nitrogens with zero attached hydrogens (tertiary/aromatic N) is 2. The lowest BCUT2D eigenvalue weighted by Gasteiger charge is -2.13. The number of benzene rings is 2. The number of para-hydroxylation sites is 1. The summed E-state index contributed by atoms with van der Waals surface area (Å²) < 4.78 is 10.9. The van der Waals surface area contributed by atoms with Gasteiger partial charge in [0, 0.05) is 0 Å². The molecule has 8 heteroatoms. The summed E-state index contributed by atoms with van der Waals surface area (Å²) in [5.41, 5.74) is 1.10. The predicted octanol–water partition coefficient (Wildman–Crippen LogP) is 4.88. The molecule has 0 aromatic heterocycles. The summed E-state index contributed by atoms with van der Waals surface area (Å²) in [6.45, 7) is 2.00. The average Bonchev–Trinajstić information content (AvgIpc) is 2.95. The molecule has 0 atom stereocenters. The standard InChI is InChI=1S/C20H15ClN2O4S/c1-2-26-16-11-13(10-15(21)18(16)27-9-8-22)12-17-19(24)23(20(25)28-17)14-6-4-3-5-7-14/h3-7,10-12H,2,9H2,1H3/b17-12-. The van der Waals surface area contributed by atoms with Gasteiger partial charge in [0.25, 0.3) is 11.1 Å². The van der Waals surface area contributed by atoms with Crippen molar-refractivity contribution >= 4 is 46.3 Å². The van der Waals surface area contributed by atoms with Crippen molar-refractivity contribution in [2.24, 2.45) is 0 Å². The first-order valence-electron chi connectivity index (χ1n) is 8.34. The highest BCUT2D eigenvalue weighted by atomic mass is 35.5. The molecule has 3 rings (SSSR count). The molecule has 0 bridgehead atoms. The number of amides is 2. The Bertz CT molecular complexity index is 986. The van der Waals surface area contributed by atoms with Gasteiger partial charge < -0.3 is 9.47 Å². The largest absolute Gasteiger partial charge is 0.490 e. The number of carbonyl (C=O) groups excluding carboxylic acids is 2. The monoisotopic (exact) mass is 414 g/mol. The molecule has 0 radical (unpaired) electrons. The number of hydrogen-bond donors (Lipinski definition) is 0. The highest BCUT2D eigenvalue weighted by molar-refractivity contribution is 8.19. The summed E-state index contributed by atoms with van der Waals surface area (Å²) in [5, 5.41) is 8.59. The van der Waals surface area contributed by atoms with Gasteiger partial charge in [-0.3, -0.25) is 9.59 Å². The second kappa shape index (κ2) is 8.83. The third-order valence-electron chi connectivity index (χ3n) is 3.72. The van der Waals surface area contributed by atoms with Gasteiger partial charge in [-0.15, -0.1) is 0 Å². The van der Waals surface area contributed by atoms with Crippen LogP contribution in [0.3, 0.4) is 0 Å². The lowest BCUT2D eigenvalue weighted by Crippen LogP contribution is -2.27. The van der Waals surface area contributed by atoms with Crippen LogP contribution in [0.15, 0.2) is 47.4 Å². The van der Waals surface area contributed by atoms with E-state index in [2.05, 4.69) is 0 Å². The molecule has 0 N–H and O–H groups in total. The van der Waals surface area contributed by atoms with E-state index >= 15 is 0 Å². The first kappa shape index (κ1) is 19.8. The van der Waals surface area contributed by atoms with Crippen molar-refractivity contribution in [2.45, 2.75) is 6.92 Å². The number of hydrogen-bond acceptors (Lipinski definition) is 6. The zero-order chi connectivity index (χ0) is 20.1. The molecule has 0 aliphatic carbocycles. The van der Waals surface area contributed by atoms with E-state index in [9.17, 15) is 9.59 Å². The van der Waals surface area contributed by atoms with Gasteiger partial charge in [0.05, 0.1) is 22.2 Å². The summed E-state index contributed by atoms with van der Waals surface area (Å²) in [7, 11) is 0. The van der Waals surface area contributed by atoms with E-state index in [0.717, 1.165) is 16.7 Å². The molecule has 0 spiro atoms. The molecule has 142 valence electrons. The number of nitriles is 1. The molecule has 0 unspecified atom stereocenters. The van der Waals surface area contributed by atoms with Gasteiger partial charge in [0.15, 0.2) is 18.1 Å². The first-order chi connectivity index (χ1) is 13.5. The van der Waals surface area contributed by atoms with Crippen LogP contribution in [0, 0.1) is 11.3 Å². The number of rotatable bonds is 6. The molecular weight excluding hydrogens is 400 g/mol. The minimum atomic E-state index is -0.403. The van der Waals surface area contributed by atoms with Gasteiger partial charge >= 0.3 is 0 Å². The van der Waals surface area contributed by atoms with Crippen molar-refractivity contribution in [3.05, 3.63) is 58.0 Å². The minimum absolute atomic E-state index is 0.172. The molecule has 1 aliphatic heterocycles. The van der Waals surface area contributed by atoms with Crippen LogP contribution in [-0.4, -0.2) is 24.4 Å². The van der Waals surface area contributed by atoms with Gasteiger partial charge in [-0.05, 0) is 54.6 Å². The predicted molar refractivity (Wildman–Crippen MR) is 109 cm³/mol. The molecule has 2 aromatic rings. The van der Waals surface area contributed by atoms with Crippen LogP contribution in [0.1, 0.15) is 12.5 Å². The second-order valence-corrected chi connectivity index (χ2v) is 6.96. The van der Waals surface area contributed by atoms with Crippen molar-refractivity contribution in [3.8, 4) is 17.6 Å². The molecular formula is C20H15ClN2O4S. The van der Waals surface area contributed by atoms with Crippen LogP contribution in [-0.2, 0) is 4.79 Å². The SMILES string of the molecule is CCOc1cc(/C=C2\SC(=O)N(c3ccccc3)C2=O)cc(Cl)c1OCC#N. The number of imide groups is 1. The number of ether oxygens (including phenoxy) is 2. The van der Waals surface area contributed by atoms with Gasteiger partial charge in [0.2, 0.25) is 0 Å². The van der Waals surface area contributed by atoms with Crippen LogP contribution >= 0.6 is 23.4 Å². The lowest BCUT2D eigenvalue weighted by molar-refractivity contribution is -0.113. The Kier molecular flexibility index (Phi) is 6.24. The highest BCUT2D eigenvalue weighted by Crippen LogP contribution is 2.40. The molecule has 2 amide bonds. The van der Waals surface area contributed by atoms with E-state index in [4.69, 9.17) is 26.3 Å². The van der Waals surface area contributed by atoms with Crippen LogP contribution in [0.2, 0.25) is 5.02 Å². The molecule has 0 saturated carbocycles. The Balaban J connectivity index is 1.94. The molecule has 1 heterocycles. The topological polar surface area (TPSA) is 79.6 Å². The third-order valence-corrected chi connectivity index (χ3v) is 4.87. The Hall–Kier alpha value is -2.95. The lowest BCUT2D eigenvalue weighted by atomic mass is 10.1. The zero-order valence-corrected chi connectivity index (χ0v) is 16.4. The van der Waals surface area contributed by atoms with Gasteiger partial charge in [-0.25, -0.2) is 4.90 Å². The van der Waals surface area contributed by atoms with E-state index in [0.29, 0.717) is 23.6 Å².